The van der Waals surface area contributed by atoms with E-state index in [0.29, 0.717) is 5.56 Å². The monoisotopic (exact) mass is 304 g/mol. The van der Waals surface area contributed by atoms with Crippen LogP contribution in [0.15, 0.2) is 18.2 Å². The predicted octanol–water partition coefficient (Wildman–Crippen LogP) is 2.61. The van der Waals surface area contributed by atoms with Crippen LogP contribution in [0.2, 0.25) is 0 Å². The molecule has 6 heteroatoms. The summed E-state index contributed by atoms with van der Waals surface area (Å²) >= 11 is 0. The number of nitrogens with zero attached hydrogens (tertiary/aromatic N) is 1. The molecule has 20 heavy (non-hydrogen) atoms. The molecule has 1 aliphatic rings. The van der Waals surface area contributed by atoms with Crippen LogP contribution in [-0.4, -0.2) is 22.9 Å². The van der Waals surface area contributed by atoms with Gasteiger partial charge in [0.15, 0.2) is 0 Å². The molecule has 1 aromatic carbocycles. The number of amides is 1. The van der Waals surface area contributed by atoms with Gasteiger partial charge < -0.3 is 10.6 Å². The number of halogens is 3. The molecule has 0 spiro atoms. The van der Waals surface area contributed by atoms with Crippen LogP contribution < -0.4 is 5.73 Å². The Labute approximate surface area is 123 Å². The van der Waals surface area contributed by atoms with Crippen LogP contribution >= 0.6 is 12.4 Å². The highest BCUT2D eigenvalue weighted by molar-refractivity contribution is 5.85. The van der Waals surface area contributed by atoms with Crippen molar-refractivity contribution in [2.24, 2.45) is 5.73 Å². The molecule has 0 radical (unpaired) electrons. The molecule has 1 unspecified atom stereocenters. The van der Waals surface area contributed by atoms with E-state index in [0.717, 1.165) is 18.9 Å². The lowest BCUT2D eigenvalue weighted by molar-refractivity contribution is -0.132. The van der Waals surface area contributed by atoms with Gasteiger partial charge in [0.2, 0.25) is 5.91 Å². The normalized spacial score (nSPS) is 15.4. The first-order valence-corrected chi connectivity index (χ1v) is 6.46. The number of rotatable bonds is 5. The molecule has 1 saturated carbocycles. The van der Waals surface area contributed by atoms with E-state index in [4.69, 9.17) is 5.73 Å². The Morgan fingerprint density at radius 2 is 2.10 bits per heavy atom. The number of hydrogen-bond donors (Lipinski definition) is 1. The molecule has 1 amide bonds. The molecule has 1 aromatic rings. The summed E-state index contributed by atoms with van der Waals surface area (Å²) in [4.78, 5) is 13.7. The van der Waals surface area contributed by atoms with Crippen LogP contribution in [0.5, 0.6) is 0 Å². The number of carbonyl (C=O) groups excluding carboxylic acids is 1. The fraction of sp³-hybridized carbons (Fsp3) is 0.500. The Morgan fingerprint density at radius 3 is 2.60 bits per heavy atom. The average Bonchev–Trinajstić information content (AvgIpc) is 3.10. The van der Waals surface area contributed by atoms with Crippen LogP contribution in [0.25, 0.3) is 0 Å². The Morgan fingerprint density at radius 1 is 1.45 bits per heavy atom. The molecular weight excluding hydrogens is 286 g/mol. The van der Waals surface area contributed by atoms with Crippen molar-refractivity contribution in [2.45, 2.75) is 44.8 Å². The van der Waals surface area contributed by atoms with Crippen LogP contribution in [0.4, 0.5) is 8.78 Å². The van der Waals surface area contributed by atoms with Gasteiger partial charge in [-0.2, -0.15) is 0 Å². The minimum atomic E-state index is -0.612. The van der Waals surface area contributed by atoms with E-state index >= 15 is 0 Å². The summed E-state index contributed by atoms with van der Waals surface area (Å²) in [5, 5.41) is 0. The van der Waals surface area contributed by atoms with Crippen molar-refractivity contribution in [2.75, 3.05) is 0 Å². The zero-order valence-corrected chi connectivity index (χ0v) is 12.1. The van der Waals surface area contributed by atoms with Gasteiger partial charge in [-0.1, -0.05) is 6.07 Å². The van der Waals surface area contributed by atoms with Crippen molar-refractivity contribution >= 4 is 18.3 Å². The molecule has 2 rings (SSSR count). The topological polar surface area (TPSA) is 46.3 Å². The van der Waals surface area contributed by atoms with Gasteiger partial charge in [-0.15, -0.1) is 12.4 Å². The van der Waals surface area contributed by atoms with Crippen LogP contribution in [-0.2, 0) is 11.3 Å². The summed E-state index contributed by atoms with van der Waals surface area (Å²) < 4.78 is 26.5. The van der Waals surface area contributed by atoms with E-state index in [1.54, 1.807) is 11.8 Å². The summed E-state index contributed by atoms with van der Waals surface area (Å²) in [6.07, 6.45) is 2.13. The molecule has 0 saturated heterocycles. The first-order valence-electron chi connectivity index (χ1n) is 6.46. The van der Waals surface area contributed by atoms with Crippen molar-refractivity contribution in [3.05, 3.63) is 35.4 Å². The second-order valence-electron chi connectivity index (χ2n) is 5.17. The standard InChI is InChI=1S/C14H18F2N2O.ClH/c1-9(17)6-14(19)18(12-4-5-12)8-10-2-3-11(15)7-13(10)16;/h2-3,7,9,12H,4-6,8,17H2,1H3;1H. The third-order valence-electron chi connectivity index (χ3n) is 3.16. The second-order valence-corrected chi connectivity index (χ2v) is 5.17. The smallest absolute Gasteiger partial charge is 0.224 e. The summed E-state index contributed by atoms with van der Waals surface area (Å²) in [5.74, 6) is -1.29. The molecule has 0 aliphatic heterocycles. The van der Waals surface area contributed by atoms with Gasteiger partial charge in [-0.05, 0) is 25.8 Å². The SMILES string of the molecule is CC(N)CC(=O)N(Cc1ccc(F)cc1F)C1CC1.Cl. The van der Waals surface area contributed by atoms with Gasteiger partial charge in [-0.25, -0.2) is 8.78 Å². The molecule has 1 aliphatic carbocycles. The van der Waals surface area contributed by atoms with E-state index in [-0.39, 0.29) is 43.4 Å². The summed E-state index contributed by atoms with van der Waals surface area (Å²) in [6.45, 7) is 1.95. The Balaban J connectivity index is 0.00000200. The lowest BCUT2D eigenvalue weighted by Crippen LogP contribution is -2.36. The Hall–Kier alpha value is -1.20. The number of carbonyl (C=O) groups is 1. The van der Waals surface area contributed by atoms with Crippen molar-refractivity contribution < 1.29 is 13.6 Å². The third-order valence-corrected chi connectivity index (χ3v) is 3.16. The van der Waals surface area contributed by atoms with E-state index in [1.807, 2.05) is 0 Å². The molecule has 0 bridgehead atoms. The molecule has 1 atom stereocenters. The minimum Gasteiger partial charge on any atom is -0.335 e. The van der Waals surface area contributed by atoms with Crippen molar-refractivity contribution in [1.29, 1.82) is 0 Å². The fourth-order valence-electron chi connectivity index (χ4n) is 2.03. The molecule has 0 aromatic heterocycles. The largest absolute Gasteiger partial charge is 0.335 e. The highest BCUT2D eigenvalue weighted by Crippen LogP contribution is 2.29. The Bertz CT molecular complexity index is 478. The van der Waals surface area contributed by atoms with Crippen LogP contribution in [0, 0.1) is 11.6 Å². The van der Waals surface area contributed by atoms with E-state index in [1.165, 1.54) is 12.1 Å². The van der Waals surface area contributed by atoms with Gasteiger partial charge in [0, 0.05) is 36.7 Å². The quantitative estimate of drug-likeness (QED) is 0.909. The maximum atomic E-state index is 13.6. The molecule has 3 nitrogen and oxygen atoms in total. The number of benzene rings is 1. The van der Waals surface area contributed by atoms with Gasteiger partial charge in [0.25, 0.3) is 0 Å². The molecular formula is C14H19ClF2N2O. The van der Waals surface area contributed by atoms with E-state index in [2.05, 4.69) is 0 Å². The fourth-order valence-corrected chi connectivity index (χ4v) is 2.03. The van der Waals surface area contributed by atoms with Gasteiger partial charge in [-0.3, -0.25) is 4.79 Å². The lowest BCUT2D eigenvalue weighted by Gasteiger charge is -2.23. The lowest BCUT2D eigenvalue weighted by atomic mass is 10.1. The molecule has 0 heterocycles. The van der Waals surface area contributed by atoms with Crippen LogP contribution in [0.1, 0.15) is 31.7 Å². The minimum absolute atomic E-state index is 0. The van der Waals surface area contributed by atoms with E-state index < -0.39 is 11.6 Å². The average molecular weight is 305 g/mol. The second kappa shape index (κ2) is 6.99. The first-order chi connectivity index (χ1) is 8.97. The third kappa shape index (κ3) is 4.42. The zero-order valence-electron chi connectivity index (χ0n) is 11.3. The summed E-state index contributed by atoms with van der Waals surface area (Å²) in [6, 6.07) is 3.40. The highest BCUT2D eigenvalue weighted by atomic mass is 35.5. The molecule has 1 fully saturated rings. The highest BCUT2D eigenvalue weighted by Gasteiger charge is 2.33. The number of nitrogens with two attached hydrogens (primary N) is 1. The maximum absolute atomic E-state index is 13.6. The first kappa shape index (κ1) is 16.9. The molecule has 112 valence electrons. The predicted molar refractivity (Wildman–Crippen MR) is 75.4 cm³/mol. The van der Waals surface area contributed by atoms with Gasteiger partial charge in [0.1, 0.15) is 11.6 Å². The van der Waals surface area contributed by atoms with Crippen molar-refractivity contribution in [3.8, 4) is 0 Å². The van der Waals surface area contributed by atoms with E-state index in [9.17, 15) is 13.6 Å². The summed E-state index contributed by atoms with van der Waals surface area (Å²) in [5.41, 5.74) is 5.96. The zero-order chi connectivity index (χ0) is 14.0. The number of hydrogen-bond acceptors (Lipinski definition) is 2. The van der Waals surface area contributed by atoms with Crippen molar-refractivity contribution in [1.82, 2.24) is 4.90 Å². The van der Waals surface area contributed by atoms with Crippen LogP contribution in [0.3, 0.4) is 0 Å². The maximum Gasteiger partial charge on any atom is 0.224 e. The van der Waals surface area contributed by atoms with Gasteiger partial charge in [0.05, 0.1) is 0 Å². The summed E-state index contributed by atoms with van der Waals surface area (Å²) in [7, 11) is 0. The Kier molecular flexibility index (Phi) is 5.89. The molecule has 2 N–H and O–H groups in total. The van der Waals surface area contributed by atoms with Gasteiger partial charge >= 0.3 is 0 Å². The van der Waals surface area contributed by atoms with Crippen molar-refractivity contribution in [3.63, 3.8) is 0 Å².